The highest BCUT2D eigenvalue weighted by molar-refractivity contribution is 5.95. The van der Waals surface area contributed by atoms with Crippen molar-refractivity contribution >= 4 is 11.8 Å². The van der Waals surface area contributed by atoms with Crippen LogP contribution in [-0.2, 0) is 0 Å². The molecule has 31 heavy (non-hydrogen) atoms. The summed E-state index contributed by atoms with van der Waals surface area (Å²) in [5.41, 5.74) is 3.91. The van der Waals surface area contributed by atoms with Crippen LogP contribution in [-0.4, -0.2) is 34.7 Å². The molecule has 0 bridgehead atoms. The molecule has 4 aromatic rings. The van der Waals surface area contributed by atoms with Crippen LogP contribution >= 0.6 is 0 Å². The molecule has 4 rings (SSSR count). The van der Waals surface area contributed by atoms with E-state index in [-0.39, 0.29) is 11.8 Å². The molecular formula is C25H22N4O2. The second kappa shape index (κ2) is 9.54. The van der Waals surface area contributed by atoms with Crippen molar-refractivity contribution in [2.75, 3.05) is 13.1 Å². The summed E-state index contributed by atoms with van der Waals surface area (Å²) in [5, 5.41) is 10.1. The molecule has 0 aliphatic rings. The van der Waals surface area contributed by atoms with Gasteiger partial charge in [0.15, 0.2) is 0 Å². The highest BCUT2D eigenvalue weighted by Gasteiger charge is 2.11. The third-order valence-corrected chi connectivity index (χ3v) is 4.80. The number of hydrogen-bond acceptors (Lipinski definition) is 3. The van der Waals surface area contributed by atoms with Crippen molar-refractivity contribution < 1.29 is 9.59 Å². The van der Waals surface area contributed by atoms with E-state index in [2.05, 4.69) is 15.7 Å². The number of amides is 2. The highest BCUT2D eigenvalue weighted by atomic mass is 16.2. The van der Waals surface area contributed by atoms with Crippen molar-refractivity contribution in [2.45, 2.75) is 0 Å². The molecular weight excluding hydrogens is 388 g/mol. The second-order valence-electron chi connectivity index (χ2n) is 6.92. The summed E-state index contributed by atoms with van der Waals surface area (Å²) in [6.45, 7) is 0.676. The number of rotatable bonds is 7. The fourth-order valence-electron chi connectivity index (χ4n) is 3.26. The maximum atomic E-state index is 12.6. The van der Waals surface area contributed by atoms with E-state index in [0.29, 0.717) is 24.2 Å². The largest absolute Gasteiger partial charge is 0.350 e. The van der Waals surface area contributed by atoms with Crippen LogP contribution < -0.4 is 10.6 Å². The summed E-state index contributed by atoms with van der Waals surface area (Å²) < 4.78 is 1.81. The van der Waals surface area contributed by atoms with Crippen molar-refractivity contribution in [3.63, 3.8) is 0 Å². The molecule has 1 heterocycles. The van der Waals surface area contributed by atoms with E-state index in [0.717, 1.165) is 16.9 Å². The smallest absolute Gasteiger partial charge is 0.251 e. The number of nitrogens with one attached hydrogen (secondary N) is 2. The van der Waals surface area contributed by atoms with Crippen LogP contribution in [0.3, 0.4) is 0 Å². The van der Waals surface area contributed by atoms with Crippen LogP contribution in [0.15, 0.2) is 97.2 Å². The zero-order valence-corrected chi connectivity index (χ0v) is 16.9. The molecule has 0 spiro atoms. The summed E-state index contributed by atoms with van der Waals surface area (Å²) in [4.78, 5) is 24.6. The number of aromatic nitrogens is 2. The Bertz CT molecular complexity index is 1170. The Morgan fingerprint density at radius 1 is 0.710 bits per heavy atom. The molecule has 0 aliphatic heterocycles. The van der Waals surface area contributed by atoms with Crippen LogP contribution in [0.5, 0.6) is 0 Å². The Morgan fingerprint density at radius 3 is 2.03 bits per heavy atom. The molecule has 0 radical (unpaired) electrons. The summed E-state index contributed by atoms with van der Waals surface area (Å²) >= 11 is 0. The first-order valence-electron chi connectivity index (χ1n) is 10.0. The first kappa shape index (κ1) is 20.1. The van der Waals surface area contributed by atoms with Crippen LogP contribution in [0, 0.1) is 0 Å². The fourth-order valence-corrected chi connectivity index (χ4v) is 3.26. The molecule has 1 aromatic heterocycles. The average Bonchev–Trinajstić information content (AvgIpc) is 3.33. The van der Waals surface area contributed by atoms with Crippen molar-refractivity contribution in [1.29, 1.82) is 0 Å². The van der Waals surface area contributed by atoms with E-state index in [1.165, 1.54) is 0 Å². The van der Waals surface area contributed by atoms with Gasteiger partial charge in [0.1, 0.15) is 0 Å². The Balaban J connectivity index is 1.38. The van der Waals surface area contributed by atoms with Gasteiger partial charge in [0.2, 0.25) is 0 Å². The van der Waals surface area contributed by atoms with Gasteiger partial charge < -0.3 is 10.6 Å². The van der Waals surface area contributed by atoms with Crippen molar-refractivity contribution in [3.05, 3.63) is 108 Å². The minimum Gasteiger partial charge on any atom is -0.350 e. The zero-order chi connectivity index (χ0) is 21.5. The number of hydrogen-bond donors (Lipinski definition) is 2. The molecule has 6 heteroatoms. The molecule has 3 aromatic carbocycles. The molecule has 0 saturated heterocycles. The maximum absolute atomic E-state index is 12.6. The van der Waals surface area contributed by atoms with Gasteiger partial charge >= 0.3 is 0 Å². The Labute approximate surface area is 180 Å². The summed E-state index contributed by atoms with van der Waals surface area (Å²) in [6, 6.07) is 28.2. The second-order valence-corrected chi connectivity index (χ2v) is 6.92. The Hall–Kier alpha value is -4.19. The first-order chi connectivity index (χ1) is 15.2. The Kier molecular flexibility index (Phi) is 6.18. The molecule has 154 valence electrons. The minimum atomic E-state index is -0.204. The van der Waals surface area contributed by atoms with Gasteiger partial charge in [-0.05, 0) is 36.4 Å². The highest BCUT2D eigenvalue weighted by Crippen LogP contribution is 2.22. The molecule has 6 nitrogen and oxygen atoms in total. The summed E-state index contributed by atoms with van der Waals surface area (Å²) in [7, 11) is 0. The lowest BCUT2D eigenvalue weighted by Crippen LogP contribution is -2.34. The van der Waals surface area contributed by atoms with Gasteiger partial charge in [-0.1, -0.05) is 54.6 Å². The molecule has 0 aliphatic carbocycles. The lowest BCUT2D eigenvalue weighted by atomic mass is 10.1. The quantitative estimate of drug-likeness (QED) is 0.456. The van der Waals surface area contributed by atoms with E-state index in [1.807, 2.05) is 71.4 Å². The van der Waals surface area contributed by atoms with Gasteiger partial charge in [-0.25, -0.2) is 4.68 Å². The fraction of sp³-hybridized carbons (Fsp3) is 0.0800. The number of carbonyl (C=O) groups excluding carboxylic acids is 2. The van der Waals surface area contributed by atoms with E-state index in [9.17, 15) is 9.59 Å². The Morgan fingerprint density at radius 2 is 1.32 bits per heavy atom. The molecule has 2 N–H and O–H groups in total. The van der Waals surface area contributed by atoms with Gasteiger partial charge in [0.25, 0.3) is 11.8 Å². The first-order valence-corrected chi connectivity index (χ1v) is 10.0. The number of nitrogens with zero attached hydrogens (tertiary/aromatic N) is 2. The average molecular weight is 410 g/mol. The van der Waals surface area contributed by atoms with Gasteiger partial charge in [0, 0.05) is 29.8 Å². The van der Waals surface area contributed by atoms with Gasteiger partial charge in [-0.2, -0.15) is 5.10 Å². The minimum absolute atomic E-state index is 0.163. The third kappa shape index (κ3) is 4.87. The van der Waals surface area contributed by atoms with Gasteiger partial charge in [-0.15, -0.1) is 0 Å². The van der Waals surface area contributed by atoms with E-state index in [4.69, 9.17) is 0 Å². The normalized spacial score (nSPS) is 10.5. The zero-order valence-electron chi connectivity index (χ0n) is 16.9. The predicted octanol–water partition coefficient (Wildman–Crippen LogP) is 3.70. The van der Waals surface area contributed by atoms with Gasteiger partial charge in [-0.3, -0.25) is 9.59 Å². The van der Waals surface area contributed by atoms with Gasteiger partial charge in [0.05, 0.1) is 17.6 Å². The molecule has 2 amide bonds. The van der Waals surface area contributed by atoms with Crippen LogP contribution in [0.4, 0.5) is 0 Å². The molecule has 0 fully saturated rings. The van der Waals surface area contributed by atoms with Crippen molar-refractivity contribution in [2.24, 2.45) is 0 Å². The predicted molar refractivity (Wildman–Crippen MR) is 120 cm³/mol. The van der Waals surface area contributed by atoms with E-state index in [1.54, 1.807) is 30.5 Å². The molecule has 0 atom stereocenters. The monoisotopic (exact) mass is 410 g/mol. The number of carbonyl (C=O) groups is 2. The molecule has 0 unspecified atom stereocenters. The lowest BCUT2D eigenvalue weighted by Gasteiger charge is -2.10. The number of benzene rings is 3. The van der Waals surface area contributed by atoms with E-state index >= 15 is 0 Å². The standard InChI is InChI=1S/C25H22N4O2/c30-24(20-10-5-2-6-11-20)26-16-17-27-25(31)21-12-7-13-22(18-21)29-23(14-15-28-29)19-8-3-1-4-9-19/h1-15,18H,16-17H2,(H,26,30)(H,27,31). The van der Waals surface area contributed by atoms with Crippen LogP contribution in [0.2, 0.25) is 0 Å². The third-order valence-electron chi connectivity index (χ3n) is 4.80. The van der Waals surface area contributed by atoms with Crippen LogP contribution in [0.25, 0.3) is 16.9 Å². The maximum Gasteiger partial charge on any atom is 0.251 e. The SMILES string of the molecule is O=C(NCCNC(=O)c1cccc(-n2nccc2-c2ccccc2)c1)c1ccccc1. The van der Waals surface area contributed by atoms with E-state index < -0.39 is 0 Å². The lowest BCUT2D eigenvalue weighted by molar-refractivity contribution is 0.0927. The van der Waals surface area contributed by atoms with Crippen molar-refractivity contribution in [1.82, 2.24) is 20.4 Å². The molecule has 0 saturated carbocycles. The summed E-state index contributed by atoms with van der Waals surface area (Å²) in [6.07, 6.45) is 1.74. The van der Waals surface area contributed by atoms with Crippen LogP contribution in [0.1, 0.15) is 20.7 Å². The summed E-state index contributed by atoms with van der Waals surface area (Å²) in [5.74, 6) is -0.367. The van der Waals surface area contributed by atoms with Crippen molar-refractivity contribution in [3.8, 4) is 16.9 Å². The topological polar surface area (TPSA) is 76.0 Å².